The van der Waals surface area contributed by atoms with Crippen molar-refractivity contribution in [2.45, 2.75) is 57.6 Å². The van der Waals surface area contributed by atoms with E-state index in [0.717, 1.165) is 26.1 Å². The molecule has 2 aliphatic heterocycles. The van der Waals surface area contributed by atoms with E-state index in [1.807, 2.05) is 4.90 Å². The van der Waals surface area contributed by atoms with Crippen molar-refractivity contribution in [2.75, 3.05) is 39.8 Å². The fourth-order valence-corrected chi connectivity index (χ4v) is 3.79. The Balaban J connectivity index is 1.81. The van der Waals surface area contributed by atoms with Gasteiger partial charge in [0.15, 0.2) is 0 Å². The summed E-state index contributed by atoms with van der Waals surface area (Å²) in [5.41, 5.74) is 5.62. The van der Waals surface area contributed by atoms with E-state index in [2.05, 4.69) is 11.8 Å². The molecular formula is C17H33N3O2. The molecule has 1 amide bonds. The molecule has 3 atom stereocenters. The minimum absolute atomic E-state index is 0.144. The van der Waals surface area contributed by atoms with Crippen LogP contribution >= 0.6 is 0 Å². The van der Waals surface area contributed by atoms with Crippen LogP contribution in [-0.2, 0) is 9.53 Å². The van der Waals surface area contributed by atoms with Crippen LogP contribution in [0.15, 0.2) is 0 Å². The van der Waals surface area contributed by atoms with Crippen molar-refractivity contribution in [3.8, 4) is 0 Å². The molecule has 0 aromatic carbocycles. The van der Waals surface area contributed by atoms with E-state index in [4.69, 9.17) is 10.5 Å². The molecule has 128 valence electrons. The smallest absolute Gasteiger partial charge is 0.225 e. The van der Waals surface area contributed by atoms with Crippen molar-refractivity contribution in [3.63, 3.8) is 0 Å². The van der Waals surface area contributed by atoms with Gasteiger partial charge in [-0.05, 0) is 45.1 Å². The fraction of sp³-hybridized carbons (Fsp3) is 0.941. The lowest BCUT2D eigenvalue weighted by molar-refractivity contribution is -0.135. The van der Waals surface area contributed by atoms with Gasteiger partial charge < -0.3 is 20.3 Å². The van der Waals surface area contributed by atoms with Crippen molar-refractivity contribution in [1.29, 1.82) is 0 Å². The summed E-state index contributed by atoms with van der Waals surface area (Å²) in [6, 6.07) is 0.704. The monoisotopic (exact) mass is 311 g/mol. The summed E-state index contributed by atoms with van der Waals surface area (Å²) in [6.07, 6.45) is 6.66. The van der Waals surface area contributed by atoms with Gasteiger partial charge in [0, 0.05) is 39.3 Å². The summed E-state index contributed by atoms with van der Waals surface area (Å²) >= 11 is 0. The molecule has 3 unspecified atom stereocenters. The van der Waals surface area contributed by atoms with Crippen LogP contribution in [0.1, 0.15) is 45.4 Å². The molecule has 2 N–H and O–H groups in total. The van der Waals surface area contributed by atoms with E-state index in [0.29, 0.717) is 24.9 Å². The Kier molecular flexibility index (Phi) is 7.12. The van der Waals surface area contributed by atoms with Gasteiger partial charge >= 0.3 is 0 Å². The summed E-state index contributed by atoms with van der Waals surface area (Å²) in [6.45, 7) is 6.93. The Labute approximate surface area is 135 Å². The third-order valence-corrected chi connectivity index (χ3v) is 5.30. The third kappa shape index (κ3) is 4.93. The number of likely N-dealkylation sites (tertiary alicyclic amines) is 2. The highest BCUT2D eigenvalue weighted by Gasteiger charge is 2.28. The predicted molar refractivity (Wildman–Crippen MR) is 88.7 cm³/mol. The number of rotatable bonds is 6. The Hall–Kier alpha value is -0.650. The van der Waals surface area contributed by atoms with Crippen molar-refractivity contribution in [3.05, 3.63) is 0 Å². The third-order valence-electron chi connectivity index (χ3n) is 5.30. The van der Waals surface area contributed by atoms with Crippen molar-refractivity contribution in [1.82, 2.24) is 9.80 Å². The zero-order valence-electron chi connectivity index (χ0n) is 14.3. The highest BCUT2D eigenvalue weighted by molar-refractivity contribution is 5.76. The first-order chi connectivity index (χ1) is 10.6. The van der Waals surface area contributed by atoms with Gasteiger partial charge in [0.2, 0.25) is 5.91 Å². The maximum absolute atomic E-state index is 12.4. The second-order valence-corrected chi connectivity index (χ2v) is 6.99. The number of ether oxygens (including phenoxy) is 1. The number of hydrogen-bond acceptors (Lipinski definition) is 4. The van der Waals surface area contributed by atoms with E-state index in [1.54, 1.807) is 7.11 Å². The van der Waals surface area contributed by atoms with Gasteiger partial charge in [-0.25, -0.2) is 0 Å². The average molecular weight is 311 g/mol. The molecule has 0 aliphatic carbocycles. The summed E-state index contributed by atoms with van der Waals surface area (Å²) in [5, 5.41) is 0. The van der Waals surface area contributed by atoms with Crippen molar-refractivity contribution < 1.29 is 9.53 Å². The molecule has 0 radical (unpaired) electrons. The average Bonchev–Trinajstić information content (AvgIpc) is 2.55. The number of carbonyl (C=O) groups excluding carboxylic acids is 1. The van der Waals surface area contributed by atoms with Crippen LogP contribution in [0.5, 0.6) is 0 Å². The summed E-state index contributed by atoms with van der Waals surface area (Å²) < 4.78 is 5.24. The first kappa shape index (κ1) is 17.7. The largest absolute Gasteiger partial charge is 0.380 e. The Morgan fingerprint density at radius 2 is 2.09 bits per heavy atom. The predicted octanol–water partition coefficient (Wildman–Crippen LogP) is 1.46. The molecule has 22 heavy (non-hydrogen) atoms. The minimum atomic E-state index is -0.144. The van der Waals surface area contributed by atoms with Crippen LogP contribution < -0.4 is 5.73 Å². The summed E-state index contributed by atoms with van der Waals surface area (Å²) in [7, 11) is 1.63. The molecule has 5 nitrogen and oxygen atoms in total. The Morgan fingerprint density at radius 3 is 2.77 bits per heavy atom. The maximum atomic E-state index is 12.4. The molecule has 0 saturated carbocycles. The number of piperidine rings is 2. The van der Waals surface area contributed by atoms with Gasteiger partial charge in [-0.15, -0.1) is 0 Å². The summed E-state index contributed by atoms with van der Waals surface area (Å²) in [5.74, 6) is 0.825. The number of nitrogens with zero attached hydrogens (tertiary/aromatic N) is 2. The van der Waals surface area contributed by atoms with Crippen LogP contribution in [0.4, 0.5) is 0 Å². The lowest BCUT2D eigenvalue weighted by Crippen LogP contribution is -2.47. The van der Waals surface area contributed by atoms with Crippen LogP contribution in [0.2, 0.25) is 0 Å². The quantitative estimate of drug-likeness (QED) is 0.807. The van der Waals surface area contributed by atoms with E-state index in [-0.39, 0.29) is 12.0 Å². The molecule has 2 fully saturated rings. The van der Waals surface area contributed by atoms with Crippen molar-refractivity contribution in [2.24, 2.45) is 11.7 Å². The first-order valence-corrected chi connectivity index (χ1v) is 8.88. The summed E-state index contributed by atoms with van der Waals surface area (Å²) in [4.78, 5) is 17.1. The standard InChI is InChI=1S/C17H33N3O2/c1-14-6-3-4-8-19(14)12-15-7-5-9-20(13-15)17(21)10-16(11-18)22-2/h14-16H,3-13,18H2,1-2H3. The highest BCUT2D eigenvalue weighted by Crippen LogP contribution is 2.23. The second kappa shape index (κ2) is 8.85. The second-order valence-electron chi connectivity index (χ2n) is 6.99. The van der Waals surface area contributed by atoms with Gasteiger partial charge in [0.05, 0.1) is 12.5 Å². The molecule has 0 spiro atoms. The fourth-order valence-electron chi connectivity index (χ4n) is 3.79. The maximum Gasteiger partial charge on any atom is 0.225 e. The molecule has 0 aromatic rings. The SMILES string of the molecule is COC(CN)CC(=O)N1CCCC(CN2CCCCC2C)C1. The molecule has 2 saturated heterocycles. The number of hydrogen-bond donors (Lipinski definition) is 1. The van der Waals surface area contributed by atoms with Gasteiger partial charge in [-0.1, -0.05) is 6.42 Å². The lowest BCUT2D eigenvalue weighted by atomic mass is 9.94. The normalized spacial score (nSPS) is 28.6. The van der Waals surface area contributed by atoms with Crippen LogP contribution in [0.25, 0.3) is 0 Å². The van der Waals surface area contributed by atoms with E-state index < -0.39 is 0 Å². The zero-order chi connectivity index (χ0) is 15.9. The van der Waals surface area contributed by atoms with Crippen molar-refractivity contribution >= 4 is 5.91 Å². The molecular weight excluding hydrogens is 278 g/mol. The molecule has 2 aliphatic rings. The molecule has 0 aromatic heterocycles. The van der Waals surface area contributed by atoms with Crippen LogP contribution in [0.3, 0.4) is 0 Å². The van der Waals surface area contributed by atoms with Crippen LogP contribution in [-0.4, -0.2) is 67.7 Å². The van der Waals surface area contributed by atoms with E-state index in [9.17, 15) is 4.79 Å². The number of amides is 1. The lowest BCUT2D eigenvalue weighted by Gasteiger charge is -2.39. The topological polar surface area (TPSA) is 58.8 Å². The van der Waals surface area contributed by atoms with Crippen LogP contribution in [0, 0.1) is 5.92 Å². The van der Waals surface area contributed by atoms with Gasteiger partial charge in [-0.3, -0.25) is 4.79 Å². The van der Waals surface area contributed by atoms with Gasteiger partial charge in [0.25, 0.3) is 0 Å². The van der Waals surface area contributed by atoms with Gasteiger partial charge in [-0.2, -0.15) is 0 Å². The van der Waals surface area contributed by atoms with E-state index in [1.165, 1.54) is 32.2 Å². The molecule has 2 heterocycles. The van der Waals surface area contributed by atoms with Gasteiger partial charge in [0.1, 0.15) is 0 Å². The highest BCUT2D eigenvalue weighted by atomic mass is 16.5. The number of methoxy groups -OCH3 is 1. The zero-order valence-corrected chi connectivity index (χ0v) is 14.3. The molecule has 5 heteroatoms. The number of nitrogens with two attached hydrogens (primary N) is 1. The first-order valence-electron chi connectivity index (χ1n) is 8.88. The van der Waals surface area contributed by atoms with E-state index >= 15 is 0 Å². The Bertz CT molecular complexity index is 347. The number of carbonyl (C=O) groups is 1. The minimum Gasteiger partial charge on any atom is -0.380 e. The molecule has 0 bridgehead atoms. The Morgan fingerprint density at radius 1 is 1.27 bits per heavy atom. The molecule has 2 rings (SSSR count).